The molecule has 3 rings (SSSR count). The summed E-state index contributed by atoms with van der Waals surface area (Å²) < 4.78 is 0. The Labute approximate surface area is 107 Å². The number of hydrogen-bond donors (Lipinski definition) is 1. The molecule has 1 aromatic heterocycles. The Morgan fingerprint density at radius 2 is 1.78 bits per heavy atom. The molecule has 18 heavy (non-hydrogen) atoms. The van der Waals surface area contributed by atoms with Gasteiger partial charge in [0.25, 0.3) is 0 Å². The lowest BCUT2D eigenvalue weighted by atomic mass is 10.0. The fourth-order valence-corrected chi connectivity index (χ4v) is 2.41. The lowest BCUT2D eigenvalue weighted by Crippen LogP contribution is -2.29. The molecule has 1 aromatic carbocycles. The van der Waals surface area contributed by atoms with Crippen molar-refractivity contribution in [3.63, 3.8) is 0 Å². The first kappa shape index (κ1) is 11.2. The van der Waals surface area contributed by atoms with Crippen LogP contribution in [0, 0.1) is 0 Å². The highest BCUT2D eigenvalue weighted by Crippen LogP contribution is 2.19. The highest BCUT2D eigenvalue weighted by atomic mass is 15.5. The summed E-state index contributed by atoms with van der Waals surface area (Å²) in [5.41, 5.74) is 7.47. The van der Waals surface area contributed by atoms with Crippen LogP contribution in [0.25, 0.3) is 0 Å². The number of benzene rings is 1. The molecule has 0 aliphatic carbocycles. The molecule has 0 fully saturated rings. The van der Waals surface area contributed by atoms with E-state index in [9.17, 15) is 0 Å². The van der Waals surface area contributed by atoms with Crippen LogP contribution in [0.4, 0.5) is 5.69 Å². The molecule has 2 heterocycles. The Hall–Kier alpha value is -1.87. The van der Waals surface area contributed by atoms with Crippen LogP contribution in [-0.2, 0) is 13.0 Å². The van der Waals surface area contributed by atoms with Gasteiger partial charge in [-0.05, 0) is 36.1 Å². The van der Waals surface area contributed by atoms with E-state index >= 15 is 0 Å². The monoisotopic (exact) mass is 239 g/mol. The second kappa shape index (κ2) is 5.19. The minimum Gasteiger partial charge on any atom is -0.318 e. The van der Waals surface area contributed by atoms with Crippen LogP contribution in [0.5, 0.6) is 0 Å². The van der Waals surface area contributed by atoms with Crippen molar-refractivity contribution in [2.75, 3.05) is 12.0 Å². The first-order chi connectivity index (χ1) is 8.92. The molecule has 0 saturated carbocycles. The number of anilines is 1. The Balaban J connectivity index is 1.75. The zero-order valence-electron chi connectivity index (χ0n) is 10.3. The summed E-state index contributed by atoms with van der Waals surface area (Å²) in [5.74, 6) is 0. The van der Waals surface area contributed by atoms with Gasteiger partial charge in [-0.25, -0.2) is 5.01 Å². The van der Waals surface area contributed by atoms with Gasteiger partial charge in [-0.2, -0.15) is 0 Å². The molecule has 0 amide bonds. The zero-order chi connectivity index (χ0) is 12.2. The van der Waals surface area contributed by atoms with Gasteiger partial charge in [0.2, 0.25) is 0 Å². The highest BCUT2D eigenvalue weighted by Gasteiger charge is 2.13. The van der Waals surface area contributed by atoms with Crippen LogP contribution in [0.15, 0.2) is 48.8 Å². The topological polar surface area (TPSA) is 28.2 Å². The predicted octanol–water partition coefficient (Wildman–Crippen LogP) is 2.86. The van der Waals surface area contributed by atoms with E-state index in [-0.39, 0.29) is 0 Å². The fourth-order valence-electron chi connectivity index (χ4n) is 2.41. The Morgan fingerprint density at radius 1 is 1.00 bits per heavy atom. The van der Waals surface area contributed by atoms with Gasteiger partial charge in [-0.3, -0.25) is 4.98 Å². The maximum atomic E-state index is 4.03. The van der Waals surface area contributed by atoms with E-state index in [1.165, 1.54) is 24.0 Å². The fraction of sp³-hybridized carbons (Fsp3) is 0.267. The van der Waals surface area contributed by atoms with Crippen molar-refractivity contribution in [2.45, 2.75) is 19.4 Å². The molecular formula is C15H17N3. The summed E-state index contributed by atoms with van der Waals surface area (Å²) in [6, 6.07) is 12.7. The molecule has 3 heteroatoms. The van der Waals surface area contributed by atoms with E-state index in [2.05, 4.69) is 39.7 Å². The number of fused-ring (bicyclic) bond motifs is 1. The van der Waals surface area contributed by atoms with E-state index in [1.54, 1.807) is 0 Å². The number of nitrogens with one attached hydrogen (secondary N) is 1. The maximum Gasteiger partial charge on any atom is 0.0520 e. The Kier molecular flexibility index (Phi) is 3.24. The van der Waals surface area contributed by atoms with Gasteiger partial charge in [0.15, 0.2) is 0 Å². The lowest BCUT2D eigenvalue weighted by molar-refractivity contribution is 0.327. The quantitative estimate of drug-likeness (QED) is 0.873. The van der Waals surface area contributed by atoms with Crippen molar-refractivity contribution in [2.24, 2.45) is 0 Å². The van der Waals surface area contributed by atoms with E-state index < -0.39 is 0 Å². The molecule has 0 unspecified atom stereocenters. The van der Waals surface area contributed by atoms with E-state index in [0.29, 0.717) is 0 Å². The van der Waals surface area contributed by atoms with Crippen LogP contribution in [0.3, 0.4) is 0 Å². The molecule has 0 atom stereocenters. The van der Waals surface area contributed by atoms with Crippen molar-refractivity contribution in [1.29, 1.82) is 0 Å². The van der Waals surface area contributed by atoms with Crippen molar-refractivity contribution in [3.8, 4) is 0 Å². The molecule has 2 aromatic rings. The van der Waals surface area contributed by atoms with Gasteiger partial charge in [0.05, 0.1) is 5.69 Å². The molecule has 0 radical (unpaired) electrons. The summed E-state index contributed by atoms with van der Waals surface area (Å²) in [4.78, 5) is 4.03. The zero-order valence-corrected chi connectivity index (χ0v) is 10.3. The minimum atomic E-state index is 0.957. The van der Waals surface area contributed by atoms with Gasteiger partial charge in [0, 0.05) is 25.5 Å². The third-order valence-corrected chi connectivity index (χ3v) is 3.32. The second-order valence-electron chi connectivity index (χ2n) is 4.64. The summed E-state index contributed by atoms with van der Waals surface area (Å²) in [7, 11) is 0. The number of aryl methyl sites for hydroxylation is 1. The third-order valence-electron chi connectivity index (χ3n) is 3.32. The van der Waals surface area contributed by atoms with Gasteiger partial charge in [-0.1, -0.05) is 24.3 Å². The lowest BCUT2D eigenvalue weighted by Gasteiger charge is -2.22. The van der Waals surface area contributed by atoms with E-state index in [0.717, 1.165) is 18.8 Å². The summed E-state index contributed by atoms with van der Waals surface area (Å²) in [6.07, 6.45) is 5.99. The smallest absolute Gasteiger partial charge is 0.0520 e. The van der Waals surface area contributed by atoms with E-state index in [1.807, 2.05) is 24.5 Å². The number of rotatable bonds is 2. The largest absolute Gasteiger partial charge is 0.318 e. The van der Waals surface area contributed by atoms with Gasteiger partial charge in [0.1, 0.15) is 0 Å². The molecule has 1 aliphatic heterocycles. The average molecular weight is 239 g/mol. The summed E-state index contributed by atoms with van der Waals surface area (Å²) >= 11 is 0. The molecule has 0 spiro atoms. The Morgan fingerprint density at radius 3 is 2.61 bits per heavy atom. The van der Waals surface area contributed by atoms with E-state index in [4.69, 9.17) is 0 Å². The molecule has 92 valence electrons. The van der Waals surface area contributed by atoms with Crippen molar-refractivity contribution < 1.29 is 0 Å². The number of hydrogen-bond acceptors (Lipinski definition) is 3. The SMILES string of the molecule is c1ccc2c(c1)CCCN(Nc1ccncc1)C2. The van der Waals surface area contributed by atoms with Crippen LogP contribution >= 0.6 is 0 Å². The third kappa shape index (κ3) is 2.51. The minimum absolute atomic E-state index is 0.957. The summed E-state index contributed by atoms with van der Waals surface area (Å²) in [5, 5.41) is 2.28. The van der Waals surface area contributed by atoms with Crippen LogP contribution < -0.4 is 5.43 Å². The highest BCUT2D eigenvalue weighted by molar-refractivity contribution is 5.40. The standard InChI is InChI=1S/C15H17N3/c1-2-5-14-12-18(11-3-6-13(14)4-1)17-15-7-9-16-10-8-15/h1-2,4-5,7-10H,3,6,11-12H2,(H,16,17). The number of pyridine rings is 1. The first-order valence-corrected chi connectivity index (χ1v) is 6.40. The van der Waals surface area contributed by atoms with Gasteiger partial charge < -0.3 is 5.43 Å². The van der Waals surface area contributed by atoms with Crippen LogP contribution in [-0.4, -0.2) is 16.5 Å². The molecule has 0 bridgehead atoms. The predicted molar refractivity (Wildman–Crippen MR) is 73.0 cm³/mol. The molecular weight excluding hydrogens is 222 g/mol. The van der Waals surface area contributed by atoms with Gasteiger partial charge in [-0.15, -0.1) is 0 Å². The number of aromatic nitrogens is 1. The van der Waals surface area contributed by atoms with Crippen molar-refractivity contribution in [1.82, 2.24) is 9.99 Å². The molecule has 1 N–H and O–H groups in total. The Bertz CT molecular complexity index is 510. The van der Waals surface area contributed by atoms with Crippen molar-refractivity contribution >= 4 is 5.69 Å². The molecule has 0 saturated heterocycles. The maximum absolute atomic E-state index is 4.03. The van der Waals surface area contributed by atoms with Gasteiger partial charge >= 0.3 is 0 Å². The van der Waals surface area contributed by atoms with Crippen molar-refractivity contribution in [3.05, 3.63) is 59.9 Å². The van der Waals surface area contributed by atoms with Crippen LogP contribution in [0.2, 0.25) is 0 Å². The number of hydrazine groups is 1. The second-order valence-corrected chi connectivity index (χ2v) is 4.64. The molecule has 3 nitrogen and oxygen atoms in total. The summed E-state index contributed by atoms with van der Waals surface area (Å²) in [6.45, 7) is 2.02. The average Bonchev–Trinajstić information content (AvgIpc) is 2.61. The number of nitrogens with zero attached hydrogens (tertiary/aromatic N) is 2. The first-order valence-electron chi connectivity index (χ1n) is 6.40. The normalized spacial score (nSPS) is 15.8. The molecule has 1 aliphatic rings. The van der Waals surface area contributed by atoms with Crippen LogP contribution in [0.1, 0.15) is 17.5 Å².